The lowest BCUT2D eigenvalue weighted by Gasteiger charge is -2.21. The largest absolute Gasteiger partial charge is 0.417 e. The van der Waals surface area contributed by atoms with Gasteiger partial charge in [-0.3, -0.25) is 9.59 Å². The van der Waals surface area contributed by atoms with Crippen LogP contribution in [0.2, 0.25) is 0 Å². The molecule has 2 N–H and O–H groups in total. The van der Waals surface area contributed by atoms with Crippen LogP contribution in [0, 0.1) is 5.82 Å². The van der Waals surface area contributed by atoms with Gasteiger partial charge in [-0.1, -0.05) is 6.07 Å². The number of carbonyl (C=O) groups is 2. The highest BCUT2D eigenvalue weighted by Crippen LogP contribution is 2.49. The fourth-order valence-electron chi connectivity index (χ4n) is 4.81. The molecular weight excluding hydrogens is 476 g/mol. The van der Waals surface area contributed by atoms with Crippen LogP contribution >= 0.6 is 11.3 Å². The molecule has 1 aromatic carbocycles. The second kappa shape index (κ2) is 8.94. The van der Waals surface area contributed by atoms with Crippen molar-refractivity contribution < 1.29 is 36.6 Å². The highest BCUT2D eigenvalue weighted by molar-refractivity contribution is 7.17. The first-order chi connectivity index (χ1) is 16.2. The Hall–Kier alpha value is -2.50. The summed E-state index contributed by atoms with van der Waals surface area (Å²) in [6, 6.07) is 2.35. The number of nitrogens with one attached hydrogen (secondary N) is 2. The minimum Gasteiger partial charge on any atom is -0.376 e. The van der Waals surface area contributed by atoms with E-state index in [0.29, 0.717) is 19.1 Å². The molecule has 11 heteroatoms. The molecule has 2 aromatic rings. The maximum atomic E-state index is 14.4. The van der Waals surface area contributed by atoms with Gasteiger partial charge < -0.3 is 20.1 Å². The van der Waals surface area contributed by atoms with Crippen LogP contribution in [0.15, 0.2) is 18.2 Å². The zero-order valence-corrected chi connectivity index (χ0v) is 18.8. The third-order valence-corrected chi connectivity index (χ3v) is 7.62. The number of rotatable bonds is 5. The lowest BCUT2D eigenvalue weighted by molar-refractivity contribution is -0.138. The molecule has 0 radical (unpaired) electrons. The monoisotopic (exact) mass is 498 g/mol. The van der Waals surface area contributed by atoms with Gasteiger partial charge in [0.15, 0.2) is 0 Å². The van der Waals surface area contributed by atoms with Crippen LogP contribution in [0.3, 0.4) is 0 Å². The quantitative estimate of drug-likeness (QED) is 0.579. The van der Waals surface area contributed by atoms with Crippen molar-refractivity contribution in [2.45, 2.75) is 56.6 Å². The fourth-order valence-corrected chi connectivity index (χ4v) is 6.10. The van der Waals surface area contributed by atoms with Crippen LogP contribution in [-0.4, -0.2) is 37.2 Å². The zero-order chi connectivity index (χ0) is 24.0. The van der Waals surface area contributed by atoms with Crippen LogP contribution in [0.1, 0.15) is 68.5 Å². The van der Waals surface area contributed by atoms with Gasteiger partial charge in [0.1, 0.15) is 10.8 Å². The molecule has 5 rings (SSSR count). The second-order valence-corrected chi connectivity index (χ2v) is 9.69. The summed E-state index contributed by atoms with van der Waals surface area (Å²) in [6.45, 7) is 0.909. The molecule has 0 saturated carbocycles. The molecule has 2 amide bonds. The van der Waals surface area contributed by atoms with Crippen LogP contribution in [0.4, 0.5) is 22.6 Å². The summed E-state index contributed by atoms with van der Waals surface area (Å²) in [5.74, 6) is -3.00. The van der Waals surface area contributed by atoms with Crippen molar-refractivity contribution in [2.75, 3.05) is 18.5 Å². The Morgan fingerprint density at radius 1 is 1.12 bits per heavy atom. The first kappa shape index (κ1) is 23.3. The molecule has 2 bridgehead atoms. The number of hydrogen-bond acceptors (Lipinski definition) is 5. The predicted octanol–water partition coefficient (Wildman–Crippen LogP) is 4.84. The van der Waals surface area contributed by atoms with E-state index in [-0.39, 0.29) is 35.4 Å². The number of fused-ring (bicyclic) bond motifs is 4. The molecule has 3 atom stereocenters. The lowest BCUT2D eigenvalue weighted by Crippen LogP contribution is -2.33. The van der Waals surface area contributed by atoms with Crippen molar-refractivity contribution in [3.63, 3.8) is 0 Å². The summed E-state index contributed by atoms with van der Waals surface area (Å²) in [4.78, 5) is 26.9. The molecule has 0 aliphatic carbocycles. The van der Waals surface area contributed by atoms with Gasteiger partial charge in [-0.05, 0) is 43.4 Å². The molecule has 2 fully saturated rings. The number of halogens is 4. The summed E-state index contributed by atoms with van der Waals surface area (Å²) in [5.41, 5.74) is -1.55. The van der Waals surface area contributed by atoms with Gasteiger partial charge in [-0.25, -0.2) is 4.39 Å². The average Bonchev–Trinajstić information content (AvgIpc) is 3.51. The van der Waals surface area contributed by atoms with Crippen LogP contribution in [0.5, 0.6) is 0 Å². The Bertz CT molecular complexity index is 1130. The van der Waals surface area contributed by atoms with Gasteiger partial charge in [-0.2, -0.15) is 13.2 Å². The number of carbonyl (C=O) groups excluding carboxylic acids is 2. The number of thiophene rings is 1. The van der Waals surface area contributed by atoms with E-state index < -0.39 is 34.9 Å². The summed E-state index contributed by atoms with van der Waals surface area (Å²) in [7, 11) is 0. The van der Waals surface area contributed by atoms with Crippen molar-refractivity contribution in [3.05, 3.63) is 51.1 Å². The first-order valence-corrected chi connectivity index (χ1v) is 11.9. The molecule has 182 valence electrons. The number of benzene rings is 1. The Morgan fingerprint density at radius 2 is 1.94 bits per heavy atom. The predicted molar refractivity (Wildman–Crippen MR) is 116 cm³/mol. The second-order valence-electron chi connectivity index (χ2n) is 8.64. The van der Waals surface area contributed by atoms with Crippen LogP contribution in [0.25, 0.3) is 0 Å². The highest BCUT2D eigenvalue weighted by atomic mass is 32.1. The SMILES string of the molecule is O=C(Nc1sc2c(c1C(=O)NC[C@@H]1CCCO1)CC1CCC2O1)c1c(F)cccc1C(F)(F)F. The fraction of sp³-hybridized carbons (Fsp3) is 0.478. The normalized spacial score (nSPS) is 23.6. The third-order valence-electron chi connectivity index (χ3n) is 6.38. The van der Waals surface area contributed by atoms with E-state index in [4.69, 9.17) is 9.47 Å². The van der Waals surface area contributed by atoms with E-state index in [1.807, 2.05) is 0 Å². The standard InChI is InChI=1S/C23H22F4N2O4S/c24-15-5-1-4-14(23(25,26)27)18(15)21(31)29-22-17(20(30)28-10-12-3-2-8-32-12)13-9-11-6-7-16(33-11)19(13)34-22/h1,4-5,11-12,16H,2-3,6-10H2,(H,28,30)(H,29,31)/t11?,12-,16?/m0/s1. The number of hydrogen-bond donors (Lipinski definition) is 2. The molecule has 3 aliphatic heterocycles. The van der Waals surface area contributed by atoms with E-state index in [1.54, 1.807) is 0 Å². The summed E-state index contributed by atoms with van der Waals surface area (Å²) >= 11 is 1.10. The topological polar surface area (TPSA) is 76.7 Å². The number of ether oxygens (including phenoxy) is 2. The maximum absolute atomic E-state index is 14.4. The van der Waals surface area contributed by atoms with Gasteiger partial charge in [0.2, 0.25) is 0 Å². The van der Waals surface area contributed by atoms with E-state index in [1.165, 1.54) is 0 Å². The first-order valence-electron chi connectivity index (χ1n) is 11.1. The summed E-state index contributed by atoms with van der Waals surface area (Å²) < 4.78 is 66.1. The van der Waals surface area contributed by atoms with Crippen molar-refractivity contribution >= 4 is 28.2 Å². The van der Waals surface area contributed by atoms with Crippen molar-refractivity contribution in [3.8, 4) is 0 Å². The lowest BCUT2D eigenvalue weighted by atomic mass is 10.0. The average molecular weight is 498 g/mol. The smallest absolute Gasteiger partial charge is 0.376 e. The molecule has 6 nitrogen and oxygen atoms in total. The molecule has 1 aromatic heterocycles. The van der Waals surface area contributed by atoms with Crippen LogP contribution < -0.4 is 10.6 Å². The Kier molecular flexibility index (Phi) is 6.11. The molecule has 2 unspecified atom stereocenters. The Morgan fingerprint density at radius 3 is 2.68 bits per heavy atom. The molecular formula is C23H22F4N2O4S. The maximum Gasteiger partial charge on any atom is 0.417 e. The molecule has 34 heavy (non-hydrogen) atoms. The van der Waals surface area contributed by atoms with E-state index in [9.17, 15) is 27.2 Å². The molecule has 2 saturated heterocycles. The van der Waals surface area contributed by atoms with E-state index in [0.717, 1.165) is 59.6 Å². The molecule has 4 heterocycles. The number of amides is 2. The van der Waals surface area contributed by atoms with Crippen LogP contribution in [-0.2, 0) is 22.1 Å². The van der Waals surface area contributed by atoms with Gasteiger partial charge in [0.25, 0.3) is 11.8 Å². The van der Waals surface area contributed by atoms with Gasteiger partial charge >= 0.3 is 6.18 Å². The van der Waals surface area contributed by atoms with E-state index >= 15 is 0 Å². The van der Waals surface area contributed by atoms with Crippen molar-refractivity contribution in [1.82, 2.24) is 5.32 Å². The molecule has 0 spiro atoms. The van der Waals surface area contributed by atoms with Crippen molar-refractivity contribution in [2.24, 2.45) is 0 Å². The summed E-state index contributed by atoms with van der Waals surface area (Å²) in [5, 5.41) is 5.31. The Balaban J connectivity index is 1.48. The molecule has 3 aliphatic rings. The highest BCUT2D eigenvalue weighted by Gasteiger charge is 2.41. The van der Waals surface area contributed by atoms with Gasteiger partial charge in [-0.15, -0.1) is 11.3 Å². The number of alkyl halides is 3. The Labute approximate surface area is 196 Å². The van der Waals surface area contributed by atoms with Gasteiger partial charge in [0.05, 0.1) is 35.0 Å². The third kappa shape index (κ3) is 4.32. The summed E-state index contributed by atoms with van der Waals surface area (Å²) in [6.07, 6.45) is -1.52. The minimum absolute atomic E-state index is 0.0521. The van der Waals surface area contributed by atoms with Crippen molar-refractivity contribution in [1.29, 1.82) is 0 Å². The minimum atomic E-state index is -4.92. The zero-order valence-electron chi connectivity index (χ0n) is 18.0. The van der Waals surface area contributed by atoms with E-state index in [2.05, 4.69) is 10.6 Å². The number of anilines is 1. The van der Waals surface area contributed by atoms with Gasteiger partial charge in [0, 0.05) is 24.4 Å².